The molecule has 5 aliphatic rings. The molecule has 3 saturated heterocycles. The number of aryl methyl sites for hydroxylation is 1. The van der Waals surface area contributed by atoms with Crippen molar-refractivity contribution in [1.82, 2.24) is 40.0 Å². The lowest BCUT2D eigenvalue weighted by atomic mass is 9.95. The SMILES string of the molecule is C=C1CC(=O)N(C)C1=O.CC1CC(=O)N(C)C1=O.CCCCNC.CCCN(C)CCC.CCN(C)C1CCCCC1.CCN(C)c1cccc(C)c1.CN1C(=O)C=CC1=O.CN1C(=O)COCC1=O.CNCCCO. The van der Waals surface area contributed by atoms with Crippen molar-refractivity contribution in [3.8, 4) is 0 Å². The summed E-state index contributed by atoms with van der Waals surface area (Å²) in [6.07, 6.45) is 16.3. The fourth-order valence-electron chi connectivity index (χ4n) is 7.01. The number of anilines is 1. The average Bonchev–Trinajstić information content (AvgIpc) is 3.93. The number of rotatable bonds is 14. The Hall–Kier alpha value is -5.18. The van der Waals surface area contributed by atoms with E-state index < -0.39 is 0 Å². The summed E-state index contributed by atoms with van der Waals surface area (Å²) in [6.45, 7) is 25.5. The highest BCUT2D eigenvalue weighted by molar-refractivity contribution is 6.13. The van der Waals surface area contributed by atoms with Crippen LogP contribution in [0.1, 0.15) is 124 Å². The van der Waals surface area contributed by atoms with E-state index in [4.69, 9.17) is 5.11 Å². The summed E-state index contributed by atoms with van der Waals surface area (Å²) in [5.41, 5.74) is 3.01. The Morgan fingerprint density at radius 1 is 0.684 bits per heavy atom. The number of likely N-dealkylation sites (N-methyl/N-ethyl adjacent to an activating group) is 3. The molecule has 0 radical (unpaired) electrons. The molecule has 0 spiro atoms. The van der Waals surface area contributed by atoms with Gasteiger partial charge >= 0.3 is 0 Å². The van der Waals surface area contributed by atoms with Gasteiger partial charge in [-0.25, -0.2) is 0 Å². The van der Waals surface area contributed by atoms with Gasteiger partial charge in [0.2, 0.25) is 17.7 Å². The van der Waals surface area contributed by atoms with Gasteiger partial charge in [0.15, 0.2) is 0 Å². The number of morpholine rings is 1. The van der Waals surface area contributed by atoms with E-state index in [-0.39, 0.29) is 72.8 Å². The zero-order chi connectivity index (χ0) is 58.8. The standard InChI is InChI=1S/C10H15N.C9H19N.C7H17N.C6H9NO2.C6H7NO2.C5H7NO3.C5H5NO2.C5H13N.C4H11NO/c1-4-11(3)10-7-5-6-9(2)8-10;1-3-10(2)9-7-5-4-6-8-9;1-4-6-8(3)7-5-2;2*1-4-3-5(8)7(2)6(4)9;1-6-4(7)2-9-3-5(6)8;1-6-4(7)2-3-5(6)8;1-3-4-5-6-2;1-5-3-2-4-6/h5-8H,4H2,1-3H3;9H,3-8H2,1-2H3;4-7H2,1-3H3;4H,3H2,1-2H3;1,3H2,2H3;2-3H2,1H3;2-3H,1H3;6H,3-5H2,1-2H3;5-6H,2-4H2,1H3. The maximum atomic E-state index is 10.8. The second-order valence-corrected chi connectivity index (χ2v) is 19.0. The average molecular weight is 1070 g/mol. The first kappa shape index (κ1) is 75.1. The topological polar surface area (TPSA) is 213 Å². The van der Waals surface area contributed by atoms with Gasteiger partial charge in [-0.3, -0.25) is 58.0 Å². The number of likely N-dealkylation sites (tertiary alicyclic amines) is 2. The number of hydrogen-bond donors (Lipinski definition) is 3. The molecule has 0 aromatic heterocycles. The monoisotopic (exact) mass is 1070 g/mol. The van der Waals surface area contributed by atoms with E-state index in [1.807, 2.05) is 14.1 Å². The molecule has 4 heterocycles. The van der Waals surface area contributed by atoms with Crippen molar-refractivity contribution in [2.45, 2.75) is 132 Å². The van der Waals surface area contributed by atoms with Crippen molar-refractivity contribution in [3.63, 3.8) is 0 Å². The van der Waals surface area contributed by atoms with Crippen molar-refractivity contribution in [2.24, 2.45) is 5.92 Å². The summed E-state index contributed by atoms with van der Waals surface area (Å²) in [6, 6.07) is 9.45. The zero-order valence-corrected chi connectivity index (χ0v) is 49.9. The molecule has 436 valence electrons. The van der Waals surface area contributed by atoms with Crippen LogP contribution in [0.5, 0.6) is 0 Å². The van der Waals surface area contributed by atoms with Crippen molar-refractivity contribution < 1.29 is 48.2 Å². The van der Waals surface area contributed by atoms with Crippen LogP contribution in [0.25, 0.3) is 0 Å². The Balaban J connectivity index is -0.000000794. The van der Waals surface area contributed by atoms with E-state index in [1.54, 1.807) is 6.92 Å². The van der Waals surface area contributed by atoms with Gasteiger partial charge in [0.1, 0.15) is 13.2 Å². The number of ether oxygens (including phenoxy) is 1. The third kappa shape index (κ3) is 34.5. The highest BCUT2D eigenvalue weighted by Gasteiger charge is 2.32. The maximum absolute atomic E-state index is 10.8. The molecule has 19 heteroatoms. The highest BCUT2D eigenvalue weighted by atomic mass is 16.5. The molecule has 4 aliphatic heterocycles. The number of carbonyl (C=O) groups is 8. The van der Waals surface area contributed by atoms with Crippen LogP contribution in [0.15, 0.2) is 48.6 Å². The first-order chi connectivity index (χ1) is 35.9. The van der Waals surface area contributed by atoms with Gasteiger partial charge < -0.3 is 35.2 Å². The number of nitrogens with one attached hydrogen (secondary N) is 2. The first-order valence-electron chi connectivity index (χ1n) is 27.1. The minimum absolute atomic E-state index is 0.0300. The van der Waals surface area contributed by atoms with Gasteiger partial charge in [0.25, 0.3) is 29.5 Å². The van der Waals surface area contributed by atoms with Gasteiger partial charge in [-0.1, -0.05) is 79.0 Å². The molecular formula is C57H103N9O10. The molecule has 6 rings (SSSR count). The first-order valence-corrected chi connectivity index (χ1v) is 27.1. The number of unbranched alkanes of at least 4 members (excludes halogenated alkanes) is 1. The summed E-state index contributed by atoms with van der Waals surface area (Å²) < 4.78 is 4.62. The normalized spacial score (nSPS) is 16.8. The lowest BCUT2D eigenvalue weighted by Crippen LogP contribution is -2.43. The predicted octanol–water partition coefficient (Wildman–Crippen LogP) is 5.54. The number of nitrogens with zero attached hydrogens (tertiary/aromatic N) is 7. The minimum Gasteiger partial charge on any atom is -0.396 e. The van der Waals surface area contributed by atoms with E-state index >= 15 is 0 Å². The molecule has 3 N–H and O–H groups in total. The number of benzene rings is 1. The third-order valence-corrected chi connectivity index (χ3v) is 12.4. The molecule has 0 bridgehead atoms. The van der Waals surface area contributed by atoms with Crippen molar-refractivity contribution in [3.05, 3.63) is 54.1 Å². The zero-order valence-electron chi connectivity index (χ0n) is 49.9. The van der Waals surface area contributed by atoms with Crippen LogP contribution < -0.4 is 15.5 Å². The third-order valence-electron chi connectivity index (χ3n) is 12.4. The Kier molecular flexibility index (Phi) is 45.4. The number of imide groups is 4. The Morgan fingerprint density at radius 2 is 1.21 bits per heavy atom. The fourth-order valence-corrected chi connectivity index (χ4v) is 7.01. The summed E-state index contributed by atoms with van der Waals surface area (Å²) in [5, 5.41) is 14.1. The lowest BCUT2D eigenvalue weighted by Gasteiger charge is -2.29. The molecule has 1 aromatic rings. The molecule has 1 aliphatic carbocycles. The van der Waals surface area contributed by atoms with E-state index in [2.05, 4.69) is 124 Å². The van der Waals surface area contributed by atoms with Gasteiger partial charge in [0, 0.05) is 90.2 Å². The molecule has 19 nitrogen and oxygen atoms in total. The van der Waals surface area contributed by atoms with Gasteiger partial charge in [-0.2, -0.15) is 0 Å². The summed E-state index contributed by atoms with van der Waals surface area (Å²) in [4.78, 5) is 96.3. The molecule has 1 unspecified atom stereocenters. The second-order valence-electron chi connectivity index (χ2n) is 19.0. The molecule has 1 saturated carbocycles. The Morgan fingerprint density at radius 3 is 1.49 bits per heavy atom. The molecule has 1 atom stereocenters. The summed E-state index contributed by atoms with van der Waals surface area (Å²) >= 11 is 0. The van der Waals surface area contributed by atoms with Crippen LogP contribution in [0.4, 0.5) is 5.69 Å². The quantitative estimate of drug-likeness (QED) is 0.119. The second kappa shape index (κ2) is 46.0. The summed E-state index contributed by atoms with van der Waals surface area (Å²) in [5.74, 6) is -1.65. The summed E-state index contributed by atoms with van der Waals surface area (Å²) in [7, 11) is 16.3. The van der Waals surface area contributed by atoms with E-state index in [0.717, 1.165) is 46.8 Å². The predicted molar refractivity (Wildman–Crippen MR) is 306 cm³/mol. The Labute approximate surface area is 458 Å². The maximum Gasteiger partial charge on any atom is 0.256 e. The molecule has 8 amide bonds. The molecular weight excluding hydrogens is 971 g/mol. The number of amides is 8. The van der Waals surface area contributed by atoms with Crippen molar-refractivity contribution in [2.75, 3.05) is 127 Å². The largest absolute Gasteiger partial charge is 0.396 e. The molecule has 4 fully saturated rings. The van der Waals surface area contributed by atoms with Gasteiger partial charge in [-0.05, 0) is 131 Å². The molecule has 1 aromatic carbocycles. The van der Waals surface area contributed by atoms with E-state index in [9.17, 15) is 38.4 Å². The number of aliphatic hydroxyl groups excluding tert-OH is 1. The minimum atomic E-state index is -0.272. The Bertz CT molecular complexity index is 1810. The number of aliphatic hydroxyl groups is 1. The van der Waals surface area contributed by atoms with E-state index in [0.29, 0.717) is 18.6 Å². The van der Waals surface area contributed by atoms with Crippen molar-refractivity contribution >= 4 is 52.9 Å². The van der Waals surface area contributed by atoms with Crippen molar-refractivity contribution in [1.29, 1.82) is 0 Å². The van der Waals surface area contributed by atoms with Crippen LogP contribution in [0.2, 0.25) is 0 Å². The van der Waals surface area contributed by atoms with Gasteiger partial charge in [-0.15, -0.1) is 0 Å². The van der Waals surface area contributed by atoms with Crippen LogP contribution in [-0.2, 0) is 43.1 Å². The molecule has 76 heavy (non-hydrogen) atoms. The van der Waals surface area contributed by atoms with E-state index in [1.165, 1.54) is 134 Å². The van der Waals surface area contributed by atoms with Crippen LogP contribution in [0.3, 0.4) is 0 Å². The van der Waals surface area contributed by atoms with Crippen LogP contribution in [0, 0.1) is 12.8 Å². The highest BCUT2D eigenvalue weighted by Crippen LogP contribution is 2.21. The van der Waals surface area contributed by atoms with Crippen LogP contribution >= 0.6 is 0 Å². The lowest BCUT2D eigenvalue weighted by molar-refractivity contribution is -0.156. The smallest absolute Gasteiger partial charge is 0.256 e. The number of carbonyl (C=O) groups excluding carboxylic acids is 8. The fraction of sp³-hybridized carbons (Fsp3) is 0.684. The van der Waals surface area contributed by atoms with Crippen LogP contribution in [-0.4, -0.2) is 210 Å². The van der Waals surface area contributed by atoms with Gasteiger partial charge in [0.05, 0.1) is 6.42 Å². The number of hydrogen-bond acceptors (Lipinski definition) is 15.